The summed E-state index contributed by atoms with van der Waals surface area (Å²) in [7, 11) is 0. The zero-order valence-corrected chi connectivity index (χ0v) is 12.5. The highest BCUT2D eigenvalue weighted by molar-refractivity contribution is 5.72. The zero-order valence-electron chi connectivity index (χ0n) is 12.5. The van der Waals surface area contributed by atoms with Crippen LogP contribution < -0.4 is 5.32 Å². The first-order valence-electron chi connectivity index (χ1n) is 7.12. The molecule has 3 heteroatoms. The van der Waals surface area contributed by atoms with E-state index in [1.165, 1.54) is 6.92 Å². The van der Waals surface area contributed by atoms with Crippen LogP contribution in [0.25, 0.3) is 11.1 Å². The van der Waals surface area contributed by atoms with E-state index >= 15 is 0 Å². The van der Waals surface area contributed by atoms with E-state index in [0.29, 0.717) is 13.0 Å². The SMILES string of the molecule is CC(=O)NCCC(C)(O)c1ccc(-c2ccccc2)cc1. The number of aliphatic hydroxyl groups is 1. The fourth-order valence-electron chi connectivity index (χ4n) is 2.28. The number of benzene rings is 2. The number of carbonyl (C=O) groups excluding carboxylic acids is 1. The first-order chi connectivity index (χ1) is 9.99. The van der Waals surface area contributed by atoms with Gasteiger partial charge in [0, 0.05) is 13.5 Å². The Kier molecular flexibility index (Phi) is 4.76. The highest BCUT2D eigenvalue weighted by Crippen LogP contribution is 2.27. The lowest BCUT2D eigenvalue weighted by Gasteiger charge is -2.24. The molecule has 1 amide bonds. The summed E-state index contributed by atoms with van der Waals surface area (Å²) < 4.78 is 0. The van der Waals surface area contributed by atoms with Crippen molar-refractivity contribution in [3.05, 3.63) is 60.2 Å². The molecule has 0 aromatic heterocycles. The van der Waals surface area contributed by atoms with Crippen LogP contribution in [0.1, 0.15) is 25.8 Å². The molecular formula is C18H21NO2. The molecule has 0 radical (unpaired) electrons. The predicted molar refractivity (Wildman–Crippen MR) is 84.7 cm³/mol. The van der Waals surface area contributed by atoms with E-state index in [9.17, 15) is 9.90 Å². The molecule has 2 aromatic carbocycles. The van der Waals surface area contributed by atoms with Gasteiger partial charge in [-0.25, -0.2) is 0 Å². The Hall–Kier alpha value is -2.13. The highest BCUT2D eigenvalue weighted by Gasteiger charge is 2.22. The van der Waals surface area contributed by atoms with Crippen LogP contribution >= 0.6 is 0 Å². The molecule has 0 aliphatic heterocycles. The first-order valence-corrected chi connectivity index (χ1v) is 7.12. The van der Waals surface area contributed by atoms with Crippen LogP contribution in [0, 0.1) is 0 Å². The van der Waals surface area contributed by atoms with Crippen molar-refractivity contribution in [3.63, 3.8) is 0 Å². The Morgan fingerprint density at radius 1 is 1.05 bits per heavy atom. The Labute approximate surface area is 125 Å². The van der Waals surface area contributed by atoms with Crippen LogP contribution in [0.15, 0.2) is 54.6 Å². The van der Waals surface area contributed by atoms with Gasteiger partial charge >= 0.3 is 0 Å². The summed E-state index contributed by atoms with van der Waals surface area (Å²) in [6.07, 6.45) is 0.483. The van der Waals surface area contributed by atoms with Gasteiger partial charge in [0.15, 0.2) is 0 Å². The minimum atomic E-state index is -0.947. The van der Waals surface area contributed by atoms with Crippen molar-refractivity contribution in [3.8, 4) is 11.1 Å². The van der Waals surface area contributed by atoms with Crippen LogP contribution in [0.4, 0.5) is 0 Å². The molecule has 110 valence electrons. The van der Waals surface area contributed by atoms with Gasteiger partial charge in [-0.05, 0) is 30.0 Å². The van der Waals surface area contributed by atoms with Crippen molar-refractivity contribution in [1.29, 1.82) is 0 Å². The summed E-state index contributed by atoms with van der Waals surface area (Å²) in [5.74, 6) is -0.0785. The van der Waals surface area contributed by atoms with Crippen LogP contribution in [0.2, 0.25) is 0 Å². The van der Waals surface area contributed by atoms with Crippen molar-refractivity contribution in [1.82, 2.24) is 5.32 Å². The Bertz CT molecular complexity index is 588. The van der Waals surface area contributed by atoms with Crippen molar-refractivity contribution < 1.29 is 9.90 Å². The van der Waals surface area contributed by atoms with Gasteiger partial charge in [0.05, 0.1) is 5.60 Å². The van der Waals surface area contributed by atoms with E-state index in [1.54, 1.807) is 6.92 Å². The smallest absolute Gasteiger partial charge is 0.216 e. The maximum Gasteiger partial charge on any atom is 0.216 e. The second-order valence-electron chi connectivity index (χ2n) is 5.45. The van der Waals surface area contributed by atoms with Gasteiger partial charge in [-0.1, -0.05) is 54.6 Å². The van der Waals surface area contributed by atoms with Gasteiger partial charge in [0.2, 0.25) is 5.91 Å². The van der Waals surface area contributed by atoms with E-state index in [2.05, 4.69) is 17.4 Å². The van der Waals surface area contributed by atoms with E-state index in [-0.39, 0.29) is 5.91 Å². The third-order valence-electron chi connectivity index (χ3n) is 3.60. The molecule has 2 rings (SSSR count). The minimum absolute atomic E-state index is 0.0785. The number of hydrogen-bond donors (Lipinski definition) is 2. The molecule has 1 atom stereocenters. The molecule has 0 aliphatic rings. The van der Waals surface area contributed by atoms with Crippen molar-refractivity contribution >= 4 is 5.91 Å². The van der Waals surface area contributed by atoms with Crippen LogP contribution in [-0.2, 0) is 10.4 Å². The average molecular weight is 283 g/mol. The molecule has 21 heavy (non-hydrogen) atoms. The molecule has 3 nitrogen and oxygen atoms in total. The molecule has 0 heterocycles. The number of rotatable bonds is 5. The quantitative estimate of drug-likeness (QED) is 0.886. The second kappa shape index (κ2) is 6.55. The van der Waals surface area contributed by atoms with Gasteiger partial charge < -0.3 is 10.4 Å². The maximum atomic E-state index is 10.9. The maximum absolute atomic E-state index is 10.9. The summed E-state index contributed by atoms with van der Waals surface area (Å²) in [5, 5.41) is 13.2. The molecule has 1 unspecified atom stereocenters. The van der Waals surface area contributed by atoms with Crippen molar-refractivity contribution in [2.24, 2.45) is 0 Å². The lowest BCUT2D eigenvalue weighted by Crippen LogP contribution is -2.29. The third-order valence-corrected chi connectivity index (χ3v) is 3.60. The fraction of sp³-hybridized carbons (Fsp3) is 0.278. The van der Waals surface area contributed by atoms with E-state index in [1.807, 2.05) is 42.5 Å². The number of amides is 1. The standard InChI is InChI=1S/C18H21NO2/c1-14(20)19-13-12-18(2,21)17-10-8-16(9-11-17)15-6-4-3-5-7-15/h3-11,21H,12-13H2,1-2H3,(H,19,20). The molecule has 0 saturated heterocycles. The van der Waals surface area contributed by atoms with E-state index in [0.717, 1.165) is 16.7 Å². The van der Waals surface area contributed by atoms with Crippen molar-refractivity contribution in [2.45, 2.75) is 25.9 Å². The van der Waals surface area contributed by atoms with Gasteiger partial charge in [-0.3, -0.25) is 4.79 Å². The normalized spacial score (nSPS) is 13.5. The summed E-state index contributed by atoms with van der Waals surface area (Å²) in [6.45, 7) is 3.71. The Morgan fingerprint density at radius 3 is 2.19 bits per heavy atom. The minimum Gasteiger partial charge on any atom is -0.385 e. The van der Waals surface area contributed by atoms with Gasteiger partial charge in [0.25, 0.3) is 0 Å². The zero-order chi connectivity index (χ0) is 15.3. The number of carbonyl (C=O) groups is 1. The van der Waals surface area contributed by atoms with Gasteiger partial charge in [0.1, 0.15) is 0 Å². The summed E-state index contributed by atoms with van der Waals surface area (Å²) in [6, 6.07) is 18.0. The molecule has 0 spiro atoms. The topological polar surface area (TPSA) is 49.3 Å². The monoisotopic (exact) mass is 283 g/mol. The lowest BCUT2D eigenvalue weighted by molar-refractivity contribution is -0.119. The summed E-state index contributed by atoms with van der Waals surface area (Å²) in [5.41, 5.74) is 2.18. The summed E-state index contributed by atoms with van der Waals surface area (Å²) in [4.78, 5) is 10.9. The van der Waals surface area contributed by atoms with E-state index < -0.39 is 5.60 Å². The molecular weight excluding hydrogens is 262 g/mol. The Balaban J connectivity index is 2.09. The van der Waals surface area contributed by atoms with Gasteiger partial charge in [-0.15, -0.1) is 0 Å². The van der Waals surface area contributed by atoms with Gasteiger partial charge in [-0.2, -0.15) is 0 Å². The summed E-state index contributed by atoms with van der Waals surface area (Å²) >= 11 is 0. The predicted octanol–water partition coefficient (Wildman–Crippen LogP) is 3.09. The lowest BCUT2D eigenvalue weighted by atomic mass is 9.91. The largest absolute Gasteiger partial charge is 0.385 e. The van der Waals surface area contributed by atoms with Crippen LogP contribution in [0.5, 0.6) is 0 Å². The second-order valence-corrected chi connectivity index (χ2v) is 5.45. The van der Waals surface area contributed by atoms with E-state index in [4.69, 9.17) is 0 Å². The molecule has 0 bridgehead atoms. The fourth-order valence-corrected chi connectivity index (χ4v) is 2.28. The average Bonchev–Trinajstić information content (AvgIpc) is 2.48. The van der Waals surface area contributed by atoms with Crippen LogP contribution in [0.3, 0.4) is 0 Å². The number of hydrogen-bond acceptors (Lipinski definition) is 2. The Morgan fingerprint density at radius 2 is 1.62 bits per heavy atom. The third kappa shape index (κ3) is 4.17. The van der Waals surface area contributed by atoms with Crippen molar-refractivity contribution in [2.75, 3.05) is 6.54 Å². The molecule has 0 fully saturated rings. The highest BCUT2D eigenvalue weighted by atomic mass is 16.3. The van der Waals surface area contributed by atoms with Crippen LogP contribution in [-0.4, -0.2) is 17.6 Å². The first kappa shape index (κ1) is 15.3. The molecule has 0 aliphatic carbocycles. The molecule has 2 N–H and O–H groups in total. The molecule has 0 saturated carbocycles. The molecule has 2 aromatic rings. The number of nitrogens with one attached hydrogen (secondary N) is 1.